The van der Waals surface area contributed by atoms with Crippen LogP contribution in [0.2, 0.25) is 0 Å². The minimum absolute atomic E-state index is 0.0161. The van der Waals surface area contributed by atoms with E-state index in [2.05, 4.69) is 16.0 Å². The van der Waals surface area contributed by atoms with Gasteiger partial charge in [0.2, 0.25) is 65.0 Å². The number of allylic oxidation sites excluding steroid dienone is 2. The highest BCUT2D eigenvalue weighted by Gasteiger charge is 2.48. The van der Waals surface area contributed by atoms with Crippen molar-refractivity contribution in [3.05, 3.63) is 12.2 Å². The maximum atomic E-state index is 15.5. The Labute approximate surface area is 523 Å². The topological polar surface area (TPSA) is 296 Å². The second-order valence-corrected chi connectivity index (χ2v) is 25.9. The van der Waals surface area contributed by atoms with Gasteiger partial charge in [0.1, 0.15) is 66.7 Å². The number of hydrogen-bond acceptors (Lipinski definition) is 14. The van der Waals surface area contributed by atoms with Crippen LogP contribution in [0.25, 0.3) is 0 Å². The number of fused-ring (bicyclic) bond motifs is 3. The predicted octanol–water partition coefficient (Wildman–Crippen LogP) is 2.07. The first-order valence-electron chi connectivity index (χ1n) is 31.3. The Balaban J connectivity index is 3.17. The molecule has 2 heterocycles. The van der Waals surface area contributed by atoms with E-state index >= 15 is 14.4 Å². The Morgan fingerprint density at radius 2 is 1.14 bits per heavy atom. The summed E-state index contributed by atoms with van der Waals surface area (Å²) in [6.45, 7) is 24.7. The number of likely N-dealkylation sites (N-methyl/N-ethyl adjacent to an activating group) is 7. The molecule has 25 nitrogen and oxygen atoms in total. The largest absolute Gasteiger partial charge is 0.390 e. The van der Waals surface area contributed by atoms with Crippen molar-refractivity contribution in [2.24, 2.45) is 29.6 Å². The second kappa shape index (κ2) is 35.0. The molecule has 2 aliphatic heterocycles. The van der Waals surface area contributed by atoms with Crippen molar-refractivity contribution in [2.45, 2.75) is 227 Å². The fourth-order valence-electron chi connectivity index (χ4n) is 11.7. The minimum atomic E-state index is -1.67. The van der Waals surface area contributed by atoms with Gasteiger partial charge in [-0.3, -0.25) is 52.7 Å². The normalized spacial score (nSPS) is 28.0. The summed E-state index contributed by atoms with van der Waals surface area (Å²) in [7, 11) is 9.64. The van der Waals surface area contributed by atoms with Gasteiger partial charge in [0.15, 0.2) is 0 Å². The lowest BCUT2D eigenvalue weighted by Crippen LogP contribution is -2.65. The van der Waals surface area contributed by atoms with E-state index < -0.39 is 168 Å². The molecule has 0 aliphatic carbocycles. The number of ether oxygens (including phenoxy) is 1. The van der Waals surface area contributed by atoms with Crippen LogP contribution in [0.15, 0.2) is 12.2 Å². The zero-order valence-corrected chi connectivity index (χ0v) is 56.8. The lowest BCUT2D eigenvalue weighted by molar-refractivity contribution is -0.161. The van der Waals surface area contributed by atoms with Gasteiger partial charge in [0.05, 0.1) is 18.8 Å². The van der Waals surface area contributed by atoms with E-state index in [4.69, 9.17) is 4.74 Å². The van der Waals surface area contributed by atoms with Crippen molar-refractivity contribution in [1.29, 1.82) is 0 Å². The molecule has 0 aromatic heterocycles. The highest BCUT2D eigenvalue weighted by atomic mass is 16.5. The van der Waals surface area contributed by atoms with E-state index in [9.17, 15) is 48.3 Å². The van der Waals surface area contributed by atoms with Gasteiger partial charge in [-0.25, -0.2) is 0 Å². The highest BCUT2D eigenvalue weighted by Crippen LogP contribution is 2.28. The molecule has 4 N–H and O–H groups in total. The number of carbonyl (C=O) groups is 12. The summed E-state index contributed by atoms with van der Waals surface area (Å²) in [5.74, 6) is -10.3. The summed E-state index contributed by atoms with van der Waals surface area (Å²) in [5, 5.41) is 20.5. The molecule has 0 spiro atoms. The number of amides is 11. The standard InChI is InChI=1S/C63H109N11O14/c1-23-25-28-39(11)53(77)52-56(80)65-44(24-2)59(83)67(16)34-48(76)71(20)51(43(15)88-30-27-26-29-75)55(79)66-49(37(7)8)62(86)68(17)45(31-35(3)4)54(78)64-41(13)57(81)74-40(12)33-47(61(85)72(21)50(38(9)10)63(87)73(52)22)70(19)60(84)46(32-36(5)6)69(18)58(82)42(74)14/h23,25,29,35-47,49-53,77H,24,26-28,30-34H2,1-22H3,(H,64,78)(H,65,80)(H,66,79)/b25-23+/t39-,40?,41+,42-,43-,44+,45+,46+,47+,49+,50+,51+,52-,53-/m1/s1. The SMILES string of the molecule is C/C=C/C[C@@H](C)[C@@H](O)[C@@H]1C(=O)N[C@@H](CC)C(=O)N(C)CC(=O)N(C)[C@@H]([C@@H](C)OCCCC=O)C(=O)N[C@@H](C(C)C)C(=O)N(C)[C@@H](CC(C)C)C(=O)N[C@@H](C)C(=O)N2C(C)C[C@@H](C(=O)N(C)[C@@H](C(C)C)C(=O)N1C)N(C)C(=O)[C@H](CC(C)C)N(C)C(=O)[C@H]2C. The Hall–Kier alpha value is -6.50. The third-order valence-corrected chi connectivity index (χ3v) is 17.2. The maximum Gasteiger partial charge on any atom is 0.246 e. The maximum absolute atomic E-state index is 15.5. The molecule has 0 aromatic rings. The molecule has 2 rings (SSSR count). The molecule has 1 unspecified atom stereocenters. The molecule has 2 fully saturated rings. The van der Waals surface area contributed by atoms with Crippen molar-refractivity contribution in [1.82, 2.24) is 55.1 Å². The molecular weight excluding hydrogens is 1130 g/mol. The summed E-state index contributed by atoms with van der Waals surface area (Å²) < 4.78 is 6.03. The zero-order chi connectivity index (χ0) is 67.7. The highest BCUT2D eigenvalue weighted by molar-refractivity contribution is 6.00. The van der Waals surface area contributed by atoms with E-state index in [1.807, 2.05) is 27.7 Å². The molecule has 25 heteroatoms. The van der Waals surface area contributed by atoms with Crippen LogP contribution in [-0.2, 0) is 62.3 Å². The molecule has 2 aliphatic rings. The van der Waals surface area contributed by atoms with E-state index in [-0.39, 0.29) is 57.0 Å². The molecule has 0 saturated carbocycles. The van der Waals surface area contributed by atoms with Crippen LogP contribution < -0.4 is 16.0 Å². The molecule has 88 heavy (non-hydrogen) atoms. The van der Waals surface area contributed by atoms with Crippen molar-refractivity contribution in [3.63, 3.8) is 0 Å². The quantitative estimate of drug-likeness (QED) is 0.0922. The smallest absolute Gasteiger partial charge is 0.246 e. The van der Waals surface area contributed by atoms with Crippen LogP contribution in [-0.4, -0.2) is 257 Å². The molecule has 2 bridgehead atoms. The van der Waals surface area contributed by atoms with Crippen LogP contribution in [0, 0.1) is 29.6 Å². The summed E-state index contributed by atoms with van der Waals surface area (Å²) >= 11 is 0. The lowest BCUT2D eigenvalue weighted by atomic mass is 9.91. The molecule has 0 radical (unpaired) electrons. The van der Waals surface area contributed by atoms with Crippen molar-refractivity contribution >= 4 is 71.3 Å². The number of aliphatic hydroxyl groups excluding tert-OH is 1. The average molecular weight is 1240 g/mol. The Bertz CT molecular complexity index is 2470. The van der Waals surface area contributed by atoms with Crippen molar-refractivity contribution < 1.29 is 67.4 Å². The van der Waals surface area contributed by atoms with E-state index in [0.717, 1.165) is 14.7 Å². The third-order valence-electron chi connectivity index (χ3n) is 17.2. The second-order valence-electron chi connectivity index (χ2n) is 25.9. The minimum Gasteiger partial charge on any atom is -0.390 e. The molecule has 500 valence electrons. The molecule has 11 amide bonds. The molecule has 2 saturated heterocycles. The van der Waals surface area contributed by atoms with Crippen LogP contribution >= 0.6 is 0 Å². The first-order chi connectivity index (χ1) is 40.9. The first kappa shape index (κ1) is 77.6. The van der Waals surface area contributed by atoms with Gasteiger partial charge in [0, 0.05) is 68.4 Å². The van der Waals surface area contributed by atoms with Gasteiger partial charge in [-0.1, -0.05) is 81.4 Å². The lowest BCUT2D eigenvalue weighted by Gasteiger charge is -2.45. The monoisotopic (exact) mass is 1240 g/mol. The van der Waals surface area contributed by atoms with Gasteiger partial charge in [-0.15, -0.1) is 0 Å². The molecule has 14 atom stereocenters. The van der Waals surface area contributed by atoms with Crippen LogP contribution in [0.4, 0.5) is 0 Å². The number of rotatable bonds is 17. The van der Waals surface area contributed by atoms with E-state index in [1.54, 1.807) is 74.5 Å². The number of aldehydes is 1. The fraction of sp³-hybridized carbons (Fsp3) is 0.778. The number of nitrogens with one attached hydrogen (secondary N) is 3. The number of unbranched alkanes of at least 4 members (excludes halogenated alkanes) is 1. The van der Waals surface area contributed by atoms with Gasteiger partial charge in [0.25, 0.3) is 0 Å². The van der Waals surface area contributed by atoms with Crippen LogP contribution in [0.5, 0.6) is 0 Å². The average Bonchev–Trinajstić information content (AvgIpc) is 1.99. The number of nitrogens with zero attached hydrogens (tertiary/aromatic N) is 8. The fourth-order valence-corrected chi connectivity index (χ4v) is 11.7. The zero-order valence-electron chi connectivity index (χ0n) is 56.8. The summed E-state index contributed by atoms with van der Waals surface area (Å²) in [6.07, 6.45) is 2.34. The molecule has 0 aromatic carbocycles. The number of carbonyl (C=O) groups excluding carboxylic acids is 12. The Morgan fingerprint density at radius 1 is 0.591 bits per heavy atom. The summed E-state index contributed by atoms with van der Waals surface area (Å²) in [4.78, 5) is 184. The Morgan fingerprint density at radius 3 is 1.66 bits per heavy atom. The first-order valence-corrected chi connectivity index (χ1v) is 31.3. The number of hydrogen-bond donors (Lipinski definition) is 4. The van der Waals surface area contributed by atoms with E-state index in [1.165, 1.54) is 87.7 Å². The summed E-state index contributed by atoms with van der Waals surface area (Å²) in [5.41, 5.74) is 0. The van der Waals surface area contributed by atoms with Crippen LogP contribution in [0.3, 0.4) is 0 Å². The molecular formula is C63H109N11O14. The van der Waals surface area contributed by atoms with Gasteiger partial charge in [-0.2, -0.15) is 0 Å². The number of aliphatic hydroxyl groups is 1. The predicted molar refractivity (Wildman–Crippen MR) is 333 cm³/mol. The van der Waals surface area contributed by atoms with Crippen molar-refractivity contribution in [3.8, 4) is 0 Å². The third kappa shape index (κ3) is 19.7. The summed E-state index contributed by atoms with van der Waals surface area (Å²) in [6, 6.07) is -14.5. The van der Waals surface area contributed by atoms with Gasteiger partial charge < -0.3 is 69.8 Å². The van der Waals surface area contributed by atoms with Gasteiger partial charge in [-0.05, 0) is 103 Å². The van der Waals surface area contributed by atoms with Gasteiger partial charge >= 0.3 is 0 Å². The van der Waals surface area contributed by atoms with Crippen molar-refractivity contribution in [2.75, 3.05) is 62.5 Å². The van der Waals surface area contributed by atoms with Crippen LogP contribution in [0.1, 0.15) is 149 Å². The van der Waals surface area contributed by atoms with E-state index in [0.29, 0.717) is 12.7 Å². The Kier molecular flexibility index (Phi) is 30.9.